The molecule has 23 heavy (non-hydrogen) atoms. The summed E-state index contributed by atoms with van der Waals surface area (Å²) in [4.78, 5) is 35.5. The SMILES string of the molecule is COc1ccc([C@@H]2N[C@H](C(=O)O)[C@@H]3C(=O)NC(=O)[C@@H]32)c(OC)c1. The summed E-state index contributed by atoms with van der Waals surface area (Å²) in [5.41, 5.74) is 0.608. The first-order chi connectivity index (χ1) is 11.0. The maximum Gasteiger partial charge on any atom is 0.321 e. The summed E-state index contributed by atoms with van der Waals surface area (Å²) in [5.74, 6) is -2.89. The van der Waals surface area contributed by atoms with Crippen LogP contribution in [0.5, 0.6) is 11.5 Å². The zero-order valence-corrected chi connectivity index (χ0v) is 12.5. The smallest absolute Gasteiger partial charge is 0.321 e. The van der Waals surface area contributed by atoms with Gasteiger partial charge in [0.25, 0.3) is 0 Å². The predicted molar refractivity (Wildman–Crippen MR) is 77.0 cm³/mol. The van der Waals surface area contributed by atoms with Crippen LogP contribution < -0.4 is 20.1 Å². The minimum absolute atomic E-state index is 0.457. The molecule has 0 radical (unpaired) electrons. The normalized spacial score (nSPS) is 29.1. The summed E-state index contributed by atoms with van der Waals surface area (Å²) < 4.78 is 10.5. The van der Waals surface area contributed by atoms with E-state index in [0.717, 1.165) is 0 Å². The van der Waals surface area contributed by atoms with Gasteiger partial charge in [0.15, 0.2) is 0 Å². The molecule has 2 aliphatic rings. The Kier molecular flexibility index (Phi) is 3.69. The molecule has 3 N–H and O–H groups in total. The third-order valence-electron chi connectivity index (χ3n) is 4.36. The van der Waals surface area contributed by atoms with Crippen molar-refractivity contribution in [2.24, 2.45) is 11.8 Å². The van der Waals surface area contributed by atoms with Crippen LogP contribution in [0.4, 0.5) is 0 Å². The topological polar surface area (TPSA) is 114 Å². The van der Waals surface area contributed by atoms with Crippen LogP contribution in [0.1, 0.15) is 11.6 Å². The minimum atomic E-state index is -1.17. The number of carboxylic acids is 1. The van der Waals surface area contributed by atoms with Crippen molar-refractivity contribution < 1.29 is 29.0 Å². The first-order valence-electron chi connectivity index (χ1n) is 7.03. The lowest BCUT2D eigenvalue weighted by Gasteiger charge is -2.20. The van der Waals surface area contributed by atoms with Gasteiger partial charge in [0.1, 0.15) is 17.5 Å². The molecule has 2 saturated heterocycles. The molecule has 2 heterocycles. The molecule has 0 aliphatic carbocycles. The predicted octanol–water partition coefficient (Wildman–Crippen LogP) is -0.310. The van der Waals surface area contributed by atoms with Gasteiger partial charge in [-0.25, -0.2) is 0 Å². The second-order valence-corrected chi connectivity index (χ2v) is 5.47. The number of hydrogen-bond donors (Lipinski definition) is 3. The van der Waals surface area contributed by atoms with Crippen LogP contribution in [-0.2, 0) is 14.4 Å². The van der Waals surface area contributed by atoms with Crippen molar-refractivity contribution in [3.63, 3.8) is 0 Å². The van der Waals surface area contributed by atoms with Crippen LogP contribution >= 0.6 is 0 Å². The minimum Gasteiger partial charge on any atom is -0.497 e. The van der Waals surface area contributed by atoms with Crippen LogP contribution in [0.3, 0.4) is 0 Å². The molecule has 122 valence electrons. The lowest BCUT2D eigenvalue weighted by Crippen LogP contribution is -2.41. The standard InChI is InChI=1S/C15H16N2O6/c1-22-6-3-4-7(8(5-6)23-2)11-9-10(12(16-11)15(20)21)14(19)17-13(9)18/h3-5,9-12,16H,1-2H3,(H,20,21)(H,17,18,19)/t9-,10+,11-,12-/m0/s1. The first kappa shape index (κ1) is 15.3. The van der Waals surface area contributed by atoms with Crippen molar-refractivity contribution in [3.8, 4) is 11.5 Å². The lowest BCUT2D eigenvalue weighted by molar-refractivity contribution is -0.142. The van der Waals surface area contributed by atoms with Gasteiger partial charge in [-0.1, -0.05) is 6.07 Å². The lowest BCUT2D eigenvalue weighted by atomic mass is 9.86. The molecule has 1 aromatic carbocycles. The Morgan fingerprint density at radius 3 is 2.43 bits per heavy atom. The van der Waals surface area contributed by atoms with E-state index in [0.29, 0.717) is 17.1 Å². The Bertz CT molecular complexity index is 689. The highest BCUT2D eigenvalue weighted by molar-refractivity contribution is 6.08. The molecule has 3 rings (SSSR count). The van der Waals surface area contributed by atoms with Gasteiger partial charge in [0, 0.05) is 17.7 Å². The first-order valence-corrected chi connectivity index (χ1v) is 7.03. The fraction of sp³-hybridized carbons (Fsp3) is 0.400. The number of imide groups is 1. The van der Waals surface area contributed by atoms with Crippen molar-refractivity contribution in [2.75, 3.05) is 14.2 Å². The van der Waals surface area contributed by atoms with E-state index in [1.54, 1.807) is 18.2 Å². The van der Waals surface area contributed by atoms with Crippen molar-refractivity contribution in [1.82, 2.24) is 10.6 Å². The average Bonchev–Trinajstić information content (AvgIpc) is 3.06. The number of rotatable bonds is 4. The molecule has 0 unspecified atom stereocenters. The highest BCUT2D eigenvalue weighted by Crippen LogP contribution is 2.44. The third-order valence-corrected chi connectivity index (χ3v) is 4.36. The number of fused-ring (bicyclic) bond motifs is 1. The fourth-order valence-corrected chi connectivity index (χ4v) is 3.32. The monoisotopic (exact) mass is 320 g/mol. The zero-order chi connectivity index (χ0) is 16.7. The number of hydrogen-bond acceptors (Lipinski definition) is 6. The molecule has 4 atom stereocenters. The molecule has 8 nitrogen and oxygen atoms in total. The molecule has 2 amide bonds. The molecule has 2 aliphatic heterocycles. The Labute approximate surface area is 131 Å². The van der Waals surface area contributed by atoms with E-state index in [1.807, 2.05) is 0 Å². The summed E-state index contributed by atoms with van der Waals surface area (Å²) in [6, 6.07) is 3.29. The number of carbonyl (C=O) groups is 3. The van der Waals surface area contributed by atoms with Crippen LogP contribution in [0.25, 0.3) is 0 Å². The Hall–Kier alpha value is -2.61. The zero-order valence-electron chi connectivity index (χ0n) is 12.5. The number of methoxy groups -OCH3 is 2. The summed E-state index contributed by atoms with van der Waals surface area (Å²) in [5, 5.41) is 14.4. The molecule has 0 aromatic heterocycles. The summed E-state index contributed by atoms with van der Waals surface area (Å²) in [7, 11) is 2.99. The van der Waals surface area contributed by atoms with E-state index in [4.69, 9.17) is 9.47 Å². The Morgan fingerprint density at radius 2 is 1.83 bits per heavy atom. The molecule has 8 heteroatoms. The maximum absolute atomic E-state index is 12.1. The van der Waals surface area contributed by atoms with E-state index in [2.05, 4.69) is 10.6 Å². The molecule has 0 spiro atoms. The van der Waals surface area contributed by atoms with Crippen molar-refractivity contribution in [3.05, 3.63) is 23.8 Å². The van der Waals surface area contributed by atoms with E-state index < -0.39 is 41.7 Å². The summed E-state index contributed by atoms with van der Waals surface area (Å²) >= 11 is 0. The summed E-state index contributed by atoms with van der Waals surface area (Å²) in [6.07, 6.45) is 0. The largest absolute Gasteiger partial charge is 0.497 e. The van der Waals surface area contributed by atoms with Gasteiger partial charge in [-0.2, -0.15) is 0 Å². The number of carbonyl (C=O) groups excluding carboxylic acids is 2. The van der Waals surface area contributed by atoms with E-state index in [1.165, 1.54) is 14.2 Å². The van der Waals surface area contributed by atoms with E-state index >= 15 is 0 Å². The maximum atomic E-state index is 12.1. The van der Waals surface area contributed by atoms with Gasteiger partial charge in [0.2, 0.25) is 11.8 Å². The average molecular weight is 320 g/mol. The van der Waals surface area contributed by atoms with E-state index in [9.17, 15) is 19.5 Å². The number of benzene rings is 1. The number of carboxylic acid groups (broad SMARTS) is 1. The number of ether oxygens (including phenoxy) is 2. The van der Waals surface area contributed by atoms with Gasteiger partial charge in [-0.3, -0.25) is 25.0 Å². The van der Waals surface area contributed by atoms with Gasteiger partial charge in [-0.15, -0.1) is 0 Å². The van der Waals surface area contributed by atoms with Crippen LogP contribution in [0.15, 0.2) is 18.2 Å². The van der Waals surface area contributed by atoms with Crippen LogP contribution in [0.2, 0.25) is 0 Å². The van der Waals surface area contributed by atoms with Crippen molar-refractivity contribution in [2.45, 2.75) is 12.1 Å². The van der Waals surface area contributed by atoms with E-state index in [-0.39, 0.29) is 0 Å². The number of amides is 2. The highest BCUT2D eigenvalue weighted by Gasteiger charge is 2.58. The summed E-state index contributed by atoms with van der Waals surface area (Å²) in [6.45, 7) is 0. The molecular formula is C15H16N2O6. The second-order valence-electron chi connectivity index (χ2n) is 5.47. The van der Waals surface area contributed by atoms with Crippen LogP contribution in [-0.4, -0.2) is 43.2 Å². The van der Waals surface area contributed by atoms with Gasteiger partial charge >= 0.3 is 5.97 Å². The molecule has 1 aromatic rings. The molecule has 0 bridgehead atoms. The molecular weight excluding hydrogens is 304 g/mol. The Morgan fingerprint density at radius 1 is 1.13 bits per heavy atom. The van der Waals surface area contributed by atoms with Gasteiger partial charge < -0.3 is 14.6 Å². The fourth-order valence-electron chi connectivity index (χ4n) is 3.32. The number of nitrogens with one attached hydrogen (secondary N) is 2. The van der Waals surface area contributed by atoms with Crippen molar-refractivity contribution in [1.29, 1.82) is 0 Å². The highest BCUT2D eigenvalue weighted by atomic mass is 16.5. The quantitative estimate of drug-likeness (QED) is 0.652. The van der Waals surface area contributed by atoms with Gasteiger partial charge in [0.05, 0.1) is 26.1 Å². The third kappa shape index (κ3) is 2.31. The van der Waals surface area contributed by atoms with Crippen molar-refractivity contribution >= 4 is 17.8 Å². The Balaban J connectivity index is 2.04. The second kappa shape index (κ2) is 5.54. The molecule has 2 fully saturated rings. The number of aliphatic carboxylic acids is 1. The molecule has 0 saturated carbocycles. The van der Waals surface area contributed by atoms with Gasteiger partial charge in [-0.05, 0) is 6.07 Å². The van der Waals surface area contributed by atoms with Crippen LogP contribution in [0, 0.1) is 11.8 Å².